The number of hydrogen-bond acceptors (Lipinski definition) is 4. The van der Waals surface area contributed by atoms with E-state index in [-0.39, 0.29) is 12.5 Å². The van der Waals surface area contributed by atoms with Crippen LogP contribution in [0.4, 0.5) is 5.82 Å². The van der Waals surface area contributed by atoms with Crippen LogP contribution in [0.3, 0.4) is 0 Å². The molecule has 0 bridgehead atoms. The summed E-state index contributed by atoms with van der Waals surface area (Å²) in [6.45, 7) is 4.68. The molecule has 0 radical (unpaired) electrons. The van der Waals surface area contributed by atoms with Crippen molar-refractivity contribution < 1.29 is 4.79 Å². The van der Waals surface area contributed by atoms with Gasteiger partial charge in [-0.25, -0.2) is 4.98 Å². The molecule has 5 heteroatoms. The second-order valence-corrected chi connectivity index (χ2v) is 3.65. The molecule has 1 N–H and O–H groups in total. The van der Waals surface area contributed by atoms with Crippen LogP contribution >= 0.6 is 0 Å². The lowest BCUT2D eigenvalue weighted by atomic mass is 10.2. The van der Waals surface area contributed by atoms with Gasteiger partial charge in [-0.3, -0.25) is 4.79 Å². The minimum Gasteiger partial charge on any atom is -0.358 e. The molecule has 0 aromatic carbocycles. The highest BCUT2D eigenvalue weighted by molar-refractivity contribution is 5.80. The molecule has 1 aromatic heterocycles. The maximum absolute atomic E-state index is 11.3. The Labute approximate surface area is 101 Å². The molecule has 1 aromatic rings. The molecule has 1 amide bonds. The van der Waals surface area contributed by atoms with E-state index in [0.717, 1.165) is 5.69 Å². The van der Waals surface area contributed by atoms with Crippen LogP contribution < -0.4 is 10.2 Å². The van der Waals surface area contributed by atoms with Gasteiger partial charge in [0.1, 0.15) is 5.82 Å². The fraction of sp³-hybridized carbons (Fsp3) is 0.417. The van der Waals surface area contributed by atoms with Gasteiger partial charge in [0.25, 0.3) is 0 Å². The molecule has 0 saturated heterocycles. The quantitative estimate of drug-likeness (QED) is 0.835. The van der Waals surface area contributed by atoms with E-state index in [9.17, 15) is 4.79 Å². The first-order chi connectivity index (χ1) is 8.10. The van der Waals surface area contributed by atoms with E-state index < -0.39 is 0 Å². The van der Waals surface area contributed by atoms with Crippen molar-refractivity contribution in [2.75, 3.05) is 25.0 Å². The zero-order valence-corrected chi connectivity index (χ0v) is 10.3. The largest absolute Gasteiger partial charge is 0.358 e. The third kappa shape index (κ3) is 3.45. The van der Waals surface area contributed by atoms with E-state index >= 15 is 0 Å². The lowest BCUT2D eigenvalue weighted by Crippen LogP contribution is -2.36. The number of likely N-dealkylation sites (N-methyl/N-ethyl adjacent to an activating group) is 2. The summed E-state index contributed by atoms with van der Waals surface area (Å²) in [6.07, 6.45) is 0. The number of nitrogens with one attached hydrogen (secondary N) is 1. The molecular formula is C12H16N4O. The van der Waals surface area contributed by atoms with Crippen LogP contribution in [0.1, 0.15) is 18.2 Å². The van der Waals surface area contributed by atoms with Gasteiger partial charge in [-0.05, 0) is 26.0 Å². The average molecular weight is 232 g/mol. The molecule has 0 unspecified atom stereocenters. The van der Waals surface area contributed by atoms with Crippen LogP contribution in [-0.2, 0) is 4.79 Å². The number of nitriles is 1. The number of amides is 1. The van der Waals surface area contributed by atoms with Gasteiger partial charge in [0, 0.05) is 19.3 Å². The van der Waals surface area contributed by atoms with Gasteiger partial charge in [-0.1, -0.05) is 0 Å². The summed E-state index contributed by atoms with van der Waals surface area (Å²) in [4.78, 5) is 17.5. The Balaban J connectivity index is 2.99. The first kappa shape index (κ1) is 13.0. The number of pyridine rings is 1. The van der Waals surface area contributed by atoms with Crippen molar-refractivity contribution in [3.63, 3.8) is 0 Å². The van der Waals surface area contributed by atoms with Gasteiger partial charge < -0.3 is 10.2 Å². The number of hydrogen-bond donors (Lipinski definition) is 1. The summed E-state index contributed by atoms with van der Waals surface area (Å²) in [7, 11) is 1.60. The first-order valence-electron chi connectivity index (χ1n) is 5.45. The number of aryl methyl sites for hydroxylation is 1. The Morgan fingerprint density at radius 1 is 1.59 bits per heavy atom. The number of aromatic nitrogens is 1. The van der Waals surface area contributed by atoms with Gasteiger partial charge in [0.2, 0.25) is 5.91 Å². The van der Waals surface area contributed by atoms with Gasteiger partial charge in [-0.15, -0.1) is 0 Å². The van der Waals surface area contributed by atoms with Crippen molar-refractivity contribution in [2.45, 2.75) is 13.8 Å². The third-order valence-electron chi connectivity index (χ3n) is 2.39. The smallest absolute Gasteiger partial charge is 0.239 e. The predicted octanol–water partition coefficient (Wildman–Crippen LogP) is 0.834. The van der Waals surface area contributed by atoms with Crippen molar-refractivity contribution in [2.24, 2.45) is 0 Å². The fourth-order valence-corrected chi connectivity index (χ4v) is 1.48. The second-order valence-electron chi connectivity index (χ2n) is 3.65. The number of anilines is 1. The number of nitrogens with zero attached hydrogens (tertiary/aromatic N) is 3. The molecule has 0 fully saturated rings. The summed E-state index contributed by atoms with van der Waals surface area (Å²) in [5.41, 5.74) is 1.33. The molecule has 5 nitrogen and oxygen atoms in total. The molecule has 17 heavy (non-hydrogen) atoms. The molecule has 0 spiro atoms. The lowest BCUT2D eigenvalue weighted by Gasteiger charge is -2.21. The molecule has 0 aliphatic heterocycles. The van der Waals surface area contributed by atoms with E-state index in [4.69, 9.17) is 5.26 Å². The van der Waals surface area contributed by atoms with Crippen molar-refractivity contribution >= 4 is 11.7 Å². The Morgan fingerprint density at radius 3 is 2.82 bits per heavy atom. The normalized spacial score (nSPS) is 9.53. The molecule has 90 valence electrons. The van der Waals surface area contributed by atoms with E-state index in [1.54, 1.807) is 19.2 Å². The molecule has 0 atom stereocenters. The van der Waals surface area contributed by atoms with Gasteiger partial charge in [0.15, 0.2) is 0 Å². The van der Waals surface area contributed by atoms with Crippen molar-refractivity contribution in [1.82, 2.24) is 10.3 Å². The van der Waals surface area contributed by atoms with E-state index in [2.05, 4.69) is 16.4 Å². The van der Waals surface area contributed by atoms with Gasteiger partial charge >= 0.3 is 0 Å². The summed E-state index contributed by atoms with van der Waals surface area (Å²) in [6, 6.07) is 5.50. The molecule has 1 rings (SSSR count). The average Bonchev–Trinajstić information content (AvgIpc) is 2.34. The van der Waals surface area contributed by atoms with Gasteiger partial charge in [-0.2, -0.15) is 5.26 Å². The van der Waals surface area contributed by atoms with Crippen LogP contribution in [0.15, 0.2) is 12.1 Å². The summed E-state index contributed by atoms with van der Waals surface area (Å²) in [5, 5.41) is 11.5. The van der Waals surface area contributed by atoms with E-state index in [1.807, 2.05) is 18.7 Å². The van der Waals surface area contributed by atoms with Crippen LogP contribution in [0.5, 0.6) is 0 Å². The van der Waals surface area contributed by atoms with Gasteiger partial charge in [0.05, 0.1) is 18.2 Å². The lowest BCUT2D eigenvalue weighted by molar-refractivity contribution is -0.119. The van der Waals surface area contributed by atoms with Crippen LogP contribution in [0.2, 0.25) is 0 Å². The fourth-order valence-electron chi connectivity index (χ4n) is 1.48. The SMILES string of the molecule is CCN(CC(=O)NC)c1cc(C#N)cc(C)n1. The Bertz CT molecular complexity index is 450. The Morgan fingerprint density at radius 2 is 2.29 bits per heavy atom. The second kappa shape index (κ2) is 5.85. The van der Waals surface area contributed by atoms with Crippen LogP contribution in [0.25, 0.3) is 0 Å². The summed E-state index contributed by atoms with van der Waals surface area (Å²) < 4.78 is 0. The molecule has 1 heterocycles. The van der Waals surface area contributed by atoms with Crippen LogP contribution in [-0.4, -0.2) is 31.0 Å². The highest BCUT2D eigenvalue weighted by atomic mass is 16.1. The predicted molar refractivity (Wildman–Crippen MR) is 65.6 cm³/mol. The summed E-state index contributed by atoms with van der Waals surface area (Å²) in [5.74, 6) is 0.585. The standard InChI is InChI=1S/C12H16N4O/c1-4-16(8-12(17)14-3)11-6-10(7-13)5-9(2)15-11/h5-6H,4,8H2,1-3H3,(H,14,17). The third-order valence-corrected chi connectivity index (χ3v) is 2.39. The van der Waals surface area contributed by atoms with Crippen LogP contribution in [0, 0.1) is 18.3 Å². The van der Waals surface area contributed by atoms with Crippen molar-refractivity contribution in [1.29, 1.82) is 5.26 Å². The minimum atomic E-state index is -0.0753. The first-order valence-corrected chi connectivity index (χ1v) is 5.45. The topological polar surface area (TPSA) is 69.0 Å². The highest BCUT2D eigenvalue weighted by Crippen LogP contribution is 2.14. The number of carbonyl (C=O) groups is 1. The minimum absolute atomic E-state index is 0.0753. The summed E-state index contributed by atoms with van der Waals surface area (Å²) >= 11 is 0. The van der Waals surface area contributed by atoms with Crippen molar-refractivity contribution in [3.8, 4) is 6.07 Å². The number of carbonyl (C=O) groups excluding carboxylic acids is 1. The zero-order valence-electron chi connectivity index (χ0n) is 10.3. The maximum atomic E-state index is 11.3. The molecular weight excluding hydrogens is 216 g/mol. The maximum Gasteiger partial charge on any atom is 0.239 e. The molecule has 0 aliphatic carbocycles. The monoisotopic (exact) mass is 232 g/mol. The zero-order chi connectivity index (χ0) is 12.8. The Kier molecular flexibility index (Phi) is 4.46. The van der Waals surface area contributed by atoms with E-state index in [1.165, 1.54) is 0 Å². The molecule has 0 saturated carbocycles. The van der Waals surface area contributed by atoms with E-state index in [0.29, 0.717) is 17.9 Å². The van der Waals surface area contributed by atoms with Crippen molar-refractivity contribution in [3.05, 3.63) is 23.4 Å². The number of rotatable bonds is 4. The molecule has 0 aliphatic rings. The highest BCUT2D eigenvalue weighted by Gasteiger charge is 2.11. The Hall–Kier alpha value is -2.09.